The Bertz CT molecular complexity index is 415. The van der Waals surface area contributed by atoms with Crippen LogP contribution in [0.5, 0.6) is 5.88 Å². The van der Waals surface area contributed by atoms with Gasteiger partial charge in [-0.3, -0.25) is 9.59 Å². The van der Waals surface area contributed by atoms with E-state index in [1.54, 1.807) is 0 Å². The highest BCUT2D eigenvalue weighted by Crippen LogP contribution is 2.11. The molecule has 1 rings (SSSR count). The molecule has 0 saturated carbocycles. The molecule has 100 valence electrons. The number of aliphatic carboxylic acids is 1. The minimum atomic E-state index is -0.924. The van der Waals surface area contributed by atoms with E-state index in [1.165, 1.54) is 13.2 Å². The number of aromatic nitrogens is 1. The molecule has 0 bridgehead atoms. The zero-order valence-corrected chi connectivity index (χ0v) is 10.3. The number of amides is 1. The molecule has 0 aliphatic heterocycles. The van der Waals surface area contributed by atoms with Crippen LogP contribution in [0.1, 0.15) is 30.3 Å². The third kappa shape index (κ3) is 3.76. The Morgan fingerprint density at radius 1 is 1.61 bits per heavy atom. The van der Waals surface area contributed by atoms with E-state index in [1.807, 2.05) is 6.92 Å². The molecule has 1 amide bonds. The Morgan fingerprint density at radius 2 is 2.33 bits per heavy atom. The third-order valence-electron chi connectivity index (χ3n) is 2.42. The first-order valence-electron chi connectivity index (χ1n) is 5.60. The van der Waals surface area contributed by atoms with Crippen molar-refractivity contribution in [2.75, 3.05) is 13.7 Å². The molecule has 1 heterocycles. The van der Waals surface area contributed by atoms with Crippen LogP contribution in [0, 0.1) is 5.92 Å². The van der Waals surface area contributed by atoms with Crippen molar-refractivity contribution in [1.82, 2.24) is 10.5 Å². The number of carbonyl (C=O) groups excluding carboxylic acids is 1. The minimum Gasteiger partial charge on any atom is -0.481 e. The monoisotopic (exact) mass is 256 g/mol. The molecule has 1 aromatic rings. The molecule has 0 aromatic carbocycles. The summed E-state index contributed by atoms with van der Waals surface area (Å²) in [5.74, 6) is -1.83. The molecule has 0 aliphatic rings. The molecule has 2 N–H and O–H groups in total. The maximum atomic E-state index is 11.6. The number of ether oxygens (including phenoxy) is 1. The van der Waals surface area contributed by atoms with E-state index in [9.17, 15) is 9.59 Å². The van der Waals surface area contributed by atoms with Crippen LogP contribution in [0.25, 0.3) is 0 Å². The fraction of sp³-hybridized carbons (Fsp3) is 0.545. The van der Waals surface area contributed by atoms with Crippen molar-refractivity contribution in [3.63, 3.8) is 0 Å². The van der Waals surface area contributed by atoms with Crippen molar-refractivity contribution in [3.8, 4) is 5.88 Å². The second-order valence-electron chi connectivity index (χ2n) is 3.77. The summed E-state index contributed by atoms with van der Waals surface area (Å²) in [6.07, 6.45) is 1.25. The Hall–Kier alpha value is -2.05. The highest BCUT2D eigenvalue weighted by Gasteiger charge is 2.19. The molecule has 0 saturated heterocycles. The molecule has 18 heavy (non-hydrogen) atoms. The van der Waals surface area contributed by atoms with Crippen molar-refractivity contribution in [2.24, 2.45) is 5.92 Å². The van der Waals surface area contributed by atoms with Crippen LogP contribution in [0.2, 0.25) is 0 Å². The summed E-state index contributed by atoms with van der Waals surface area (Å²) < 4.78 is 9.50. The van der Waals surface area contributed by atoms with E-state index < -0.39 is 17.8 Å². The van der Waals surface area contributed by atoms with Crippen LogP contribution in [0.4, 0.5) is 0 Å². The van der Waals surface area contributed by atoms with Gasteiger partial charge < -0.3 is 19.7 Å². The molecular weight excluding hydrogens is 240 g/mol. The molecular formula is C11H16N2O5. The lowest BCUT2D eigenvalue weighted by Gasteiger charge is -2.11. The third-order valence-corrected chi connectivity index (χ3v) is 2.42. The number of nitrogens with one attached hydrogen (secondary N) is 1. The molecule has 0 fully saturated rings. The van der Waals surface area contributed by atoms with Crippen molar-refractivity contribution in [1.29, 1.82) is 0 Å². The SMILES string of the molecule is CCCC(CNC(=O)c1cc(OC)no1)C(=O)O. The van der Waals surface area contributed by atoms with E-state index >= 15 is 0 Å². The number of nitrogens with zero attached hydrogens (tertiary/aromatic N) is 1. The number of rotatable bonds is 7. The number of methoxy groups -OCH3 is 1. The van der Waals surface area contributed by atoms with Crippen LogP contribution in [-0.4, -0.2) is 35.8 Å². The summed E-state index contributed by atoms with van der Waals surface area (Å²) in [6.45, 7) is 1.95. The van der Waals surface area contributed by atoms with Crippen molar-refractivity contribution < 1.29 is 24.0 Å². The van der Waals surface area contributed by atoms with Gasteiger partial charge in [-0.05, 0) is 11.6 Å². The quantitative estimate of drug-likeness (QED) is 0.752. The highest BCUT2D eigenvalue weighted by atomic mass is 16.5. The van der Waals surface area contributed by atoms with Gasteiger partial charge in [-0.2, -0.15) is 0 Å². The zero-order valence-electron chi connectivity index (χ0n) is 10.3. The molecule has 0 radical (unpaired) electrons. The Labute approximate surface area is 104 Å². The number of carboxylic acids is 1. The van der Waals surface area contributed by atoms with E-state index in [0.29, 0.717) is 6.42 Å². The smallest absolute Gasteiger partial charge is 0.308 e. The first-order chi connectivity index (χ1) is 8.58. The standard InChI is InChI=1S/C11H16N2O5/c1-3-4-7(11(15)16)6-12-10(14)8-5-9(17-2)13-18-8/h5,7H,3-4,6H2,1-2H3,(H,12,14)(H,15,16). The summed E-state index contributed by atoms with van der Waals surface area (Å²) in [5.41, 5.74) is 0. The lowest BCUT2D eigenvalue weighted by molar-refractivity contribution is -0.141. The molecule has 1 unspecified atom stereocenters. The van der Waals surface area contributed by atoms with Crippen LogP contribution >= 0.6 is 0 Å². The van der Waals surface area contributed by atoms with Gasteiger partial charge in [-0.15, -0.1) is 0 Å². The number of hydrogen-bond donors (Lipinski definition) is 2. The normalized spacial score (nSPS) is 11.9. The first-order valence-corrected chi connectivity index (χ1v) is 5.60. The zero-order chi connectivity index (χ0) is 13.5. The average molecular weight is 256 g/mol. The maximum absolute atomic E-state index is 11.6. The van der Waals surface area contributed by atoms with Crippen LogP contribution < -0.4 is 10.1 Å². The van der Waals surface area contributed by atoms with Crippen molar-refractivity contribution >= 4 is 11.9 Å². The van der Waals surface area contributed by atoms with Crippen LogP contribution in [0.3, 0.4) is 0 Å². The summed E-state index contributed by atoms with van der Waals surface area (Å²) in [6, 6.07) is 1.34. The lowest BCUT2D eigenvalue weighted by Crippen LogP contribution is -2.32. The summed E-state index contributed by atoms with van der Waals surface area (Å²) >= 11 is 0. The van der Waals surface area contributed by atoms with Gasteiger partial charge in [0.15, 0.2) is 0 Å². The van der Waals surface area contributed by atoms with Gasteiger partial charge in [0.2, 0.25) is 5.76 Å². The number of carboxylic acid groups (broad SMARTS) is 1. The summed E-state index contributed by atoms with van der Waals surface area (Å²) in [7, 11) is 1.40. The van der Waals surface area contributed by atoms with Crippen molar-refractivity contribution in [3.05, 3.63) is 11.8 Å². The predicted molar refractivity (Wildman–Crippen MR) is 61.4 cm³/mol. The molecule has 7 nitrogen and oxygen atoms in total. The maximum Gasteiger partial charge on any atom is 0.308 e. The van der Waals surface area contributed by atoms with E-state index in [-0.39, 0.29) is 18.2 Å². The predicted octanol–water partition coefficient (Wildman–Crippen LogP) is 0.914. The van der Waals surface area contributed by atoms with Crippen LogP contribution in [0.15, 0.2) is 10.6 Å². The van der Waals surface area contributed by atoms with Gasteiger partial charge >= 0.3 is 5.97 Å². The molecule has 1 aromatic heterocycles. The van der Waals surface area contributed by atoms with Crippen LogP contribution in [-0.2, 0) is 4.79 Å². The van der Waals surface area contributed by atoms with Gasteiger partial charge in [0.1, 0.15) is 0 Å². The Balaban J connectivity index is 2.51. The largest absolute Gasteiger partial charge is 0.481 e. The Kier molecular flexibility index (Phi) is 5.16. The van der Waals surface area contributed by atoms with Gasteiger partial charge in [0.05, 0.1) is 19.1 Å². The van der Waals surface area contributed by atoms with Gasteiger partial charge in [-0.25, -0.2) is 0 Å². The van der Waals surface area contributed by atoms with E-state index in [2.05, 4.69) is 10.5 Å². The van der Waals surface area contributed by atoms with Gasteiger partial charge in [-0.1, -0.05) is 13.3 Å². The molecule has 0 spiro atoms. The fourth-order valence-electron chi connectivity index (χ4n) is 1.43. The number of carbonyl (C=O) groups is 2. The summed E-state index contributed by atoms with van der Waals surface area (Å²) in [5, 5.41) is 14.9. The lowest BCUT2D eigenvalue weighted by atomic mass is 10.0. The second-order valence-corrected chi connectivity index (χ2v) is 3.77. The first kappa shape index (κ1) is 14.0. The van der Waals surface area contributed by atoms with Gasteiger partial charge in [0.25, 0.3) is 11.8 Å². The fourth-order valence-corrected chi connectivity index (χ4v) is 1.43. The van der Waals surface area contributed by atoms with E-state index in [4.69, 9.17) is 14.4 Å². The van der Waals surface area contributed by atoms with Gasteiger partial charge in [0, 0.05) is 6.54 Å². The average Bonchev–Trinajstić information content (AvgIpc) is 2.82. The van der Waals surface area contributed by atoms with Crippen molar-refractivity contribution in [2.45, 2.75) is 19.8 Å². The second kappa shape index (κ2) is 6.63. The number of hydrogen-bond acceptors (Lipinski definition) is 5. The Morgan fingerprint density at radius 3 is 2.83 bits per heavy atom. The minimum absolute atomic E-state index is 0.00696. The molecule has 0 aliphatic carbocycles. The highest BCUT2D eigenvalue weighted by molar-refractivity contribution is 5.91. The summed E-state index contributed by atoms with van der Waals surface area (Å²) in [4.78, 5) is 22.5. The topological polar surface area (TPSA) is 102 Å². The molecule has 1 atom stereocenters. The van der Waals surface area contributed by atoms with E-state index in [0.717, 1.165) is 6.42 Å². The molecule has 7 heteroatoms.